The number of aromatic nitrogens is 3. The lowest BCUT2D eigenvalue weighted by Gasteiger charge is -2.14. The predicted molar refractivity (Wildman–Crippen MR) is 67.7 cm³/mol. The van der Waals surface area contributed by atoms with Gasteiger partial charge in [-0.1, -0.05) is 0 Å². The van der Waals surface area contributed by atoms with Gasteiger partial charge in [0.05, 0.1) is 0 Å². The zero-order chi connectivity index (χ0) is 12.8. The molecule has 1 saturated carbocycles. The Morgan fingerprint density at radius 2 is 2.22 bits per heavy atom. The Morgan fingerprint density at radius 1 is 1.44 bits per heavy atom. The maximum absolute atomic E-state index is 8.98. The van der Waals surface area contributed by atoms with E-state index in [0.717, 1.165) is 18.2 Å². The van der Waals surface area contributed by atoms with Crippen molar-refractivity contribution in [1.82, 2.24) is 15.0 Å². The van der Waals surface area contributed by atoms with Crippen LogP contribution in [0.2, 0.25) is 0 Å². The molecule has 1 aliphatic rings. The highest BCUT2D eigenvalue weighted by Gasteiger charge is 2.38. The molecule has 6 heteroatoms. The second kappa shape index (κ2) is 3.53. The van der Waals surface area contributed by atoms with Gasteiger partial charge >= 0.3 is 0 Å². The van der Waals surface area contributed by atoms with Gasteiger partial charge in [-0.3, -0.25) is 0 Å². The molecule has 6 nitrogen and oxygen atoms in total. The van der Waals surface area contributed by atoms with Gasteiger partial charge in [-0.25, -0.2) is 15.0 Å². The summed E-state index contributed by atoms with van der Waals surface area (Å²) in [7, 11) is 0. The number of nitrogens with zero attached hydrogens (tertiary/aromatic N) is 4. The number of hydrogen-bond acceptors (Lipinski definition) is 6. The number of rotatable bonds is 2. The van der Waals surface area contributed by atoms with Crippen molar-refractivity contribution in [2.75, 3.05) is 11.1 Å². The molecule has 2 aromatic heterocycles. The molecule has 0 unspecified atom stereocenters. The van der Waals surface area contributed by atoms with E-state index in [1.807, 2.05) is 6.07 Å². The minimum absolute atomic E-state index is 0.0632. The minimum Gasteiger partial charge on any atom is -0.368 e. The van der Waals surface area contributed by atoms with Crippen LogP contribution in [-0.4, -0.2) is 20.5 Å². The number of nitrogen functional groups attached to an aromatic ring is 1. The number of nitrogens with one attached hydrogen (secondary N) is 1. The molecule has 0 amide bonds. The second-order valence-corrected chi connectivity index (χ2v) is 4.82. The first kappa shape index (κ1) is 10.7. The average Bonchev–Trinajstić information content (AvgIpc) is 3.07. The monoisotopic (exact) mass is 240 g/mol. The van der Waals surface area contributed by atoms with Crippen LogP contribution in [0.3, 0.4) is 0 Å². The van der Waals surface area contributed by atoms with Crippen molar-refractivity contribution in [2.45, 2.75) is 25.3 Å². The van der Waals surface area contributed by atoms with Crippen LogP contribution in [0.5, 0.6) is 0 Å². The van der Waals surface area contributed by atoms with Gasteiger partial charge in [-0.2, -0.15) is 5.26 Å². The lowest BCUT2D eigenvalue weighted by molar-refractivity contribution is 0.822. The average molecular weight is 240 g/mol. The molecule has 0 spiro atoms. The van der Waals surface area contributed by atoms with Crippen molar-refractivity contribution < 1.29 is 0 Å². The number of anilines is 2. The summed E-state index contributed by atoms with van der Waals surface area (Å²) < 4.78 is 0. The van der Waals surface area contributed by atoms with E-state index in [1.54, 1.807) is 12.3 Å². The SMILES string of the molecule is CC1(Nc2nc(C#N)cc3cnc(N)nc23)CC1. The number of nitriles is 1. The molecule has 3 N–H and O–H groups in total. The van der Waals surface area contributed by atoms with Gasteiger partial charge in [0.15, 0.2) is 5.82 Å². The molecule has 2 aromatic rings. The summed E-state index contributed by atoms with van der Waals surface area (Å²) in [5.74, 6) is 0.816. The van der Waals surface area contributed by atoms with Crippen molar-refractivity contribution in [2.24, 2.45) is 0 Å². The first-order chi connectivity index (χ1) is 8.59. The quantitative estimate of drug-likeness (QED) is 0.823. The van der Waals surface area contributed by atoms with Crippen molar-refractivity contribution in [3.63, 3.8) is 0 Å². The van der Waals surface area contributed by atoms with Crippen molar-refractivity contribution >= 4 is 22.7 Å². The molecule has 0 saturated heterocycles. The Morgan fingerprint density at radius 3 is 2.89 bits per heavy atom. The van der Waals surface area contributed by atoms with Crippen molar-refractivity contribution in [1.29, 1.82) is 5.26 Å². The number of hydrogen-bond donors (Lipinski definition) is 2. The summed E-state index contributed by atoms with van der Waals surface area (Å²) in [6, 6.07) is 3.70. The molecule has 1 aliphatic carbocycles. The molecule has 3 rings (SSSR count). The number of nitrogens with two attached hydrogens (primary N) is 1. The van der Waals surface area contributed by atoms with E-state index in [-0.39, 0.29) is 11.5 Å². The number of pyridine rings is 1. The Balaban J connectivity index is 2.19. The Labute approximate surface area is 104 Å². The summed E-state index contributed by atoms with van der Waals surface area (Å²) in [5, 5.41) is 13.1. The molecule has 0 aliphatic heterocycles. The van der Waals surface area contributed by atoms with Crippen molar-refractivity contribution in [3.05, 3.63) is 18.0 Å². The largest absolute Gasteiger partial charge is 0.368 e. The zero-order valence-electron chi connectivity index (χ0n) is 9.94. The zero-order valence-corrected chi connectivity index (χ0v) is 9.94. The lowest BCUT2D eigenvalue weighted by atomic mass is 10.2. The minimum atomic E-state index is 0.0632. The fourth-order valence-corrected chi connectivity index (χ4v) is 1.80. The highest BCUT2D eigenvalue weighted by molar-refractivity contribution is 5.89. The lowest BCUT2D eigenvalue weighted by Crippen LogP contribution is -2.18. The van der Waals surface area contributed by atoms with Gasteiger partial charge in [-0.05, 0) is 25.8 Å². The number of fused-ring (bicyclic) bond motifs is 1. The molecular formula is C12H12N6. The third-order valence-corrected chi connectivity index (χ3v) is 3.12. The third kappa shape index (κ3) is 1.80. The molecule has 90 valence electrons. The third-order valence-electron chi connectivity index (χ3n) is 3.12. The molecule has 0 aromatic carbocycles. The molecule has 0 bridgehead atoms. The second-order valence-electron chi connectivity index (χ2n) is 4.82. The van der Waals surface area contributed by atoms with Crippen LogP contribution in [0.15, 0.2) is 12.3 Å². The van der Waals surface area contributed by atoms with E-state index in [2.05, 4.69) is 27.2 Å². The fourth-order valence-electron chi connectivity index (χ4n) is 1.80. The molecular weight excluding hydrogens is 228 g/mol. The highest BCUT2D eigenvalue weighted by atomic mass is 15.1. The normalized spacial score (nSPS) is 16.2. The Hall–Kier alpha value is -2.42. The summed E-state index contributed by atoms with van der Waals surface area (Å²) >= 11 is 0. The van der Waals surface area contributed by atoms with Gasteiger partial charge in [0, 0.05) is 17.1 Å². The van der Waals surface area contributed by atoms with E-state index < -0.39 is 0 Å². The van der Waals surface area contributed by atoms with E-state index in [9.17, 15) is 0 Å². The predicted octanol–water partition coefficient (Wildman–Crippen LogP) is 1.44. The van der Waals surface area contributed by atoms with E-state index in [1.165, 1.54) is 0 Å². The van der Waals surface area contributed by atoms with Crippen LogP contribution in [0.4, 0.5) is 11.8 Å². The van der Waals surface area contributed by atoms with Gasteiger partial charge in [0.25, 0.3) is 0 Å². The Bertz CT molecular complexity index is 668. The van der Waals surface area contributed by atoms with Gasteiger partial charge in [0.2, 0.25) is 5.95 Å². The molecule has 2 heterocycles. The maximum atomic E-state index is 8.98. The molecule has 0 radical (unpaired) electrons. The molecule has 1 fully saturated rings. The molecule has 0 atom stereocenters. The first-order valence-electron chi connectivity index (χ1n) is 5.71. The van der Waals surface area contributed by atoms with Crippen LogP contribution in [-0.2, 0) is 0 Å². The van der Waals surface area contributed by atoms with Gasteiger partial charge in [-0.15, -0.1) is 0 Å². The van der Waals surface area contributed by atoms with Crippen molar-refractivity contribution in [3.8, 4) is 6.07 Å². The summed E-state index contributed by atoms with van der Waals surface area (Å²) in [5.41, 5.74) is 6.67. The Kier molecular flexibility index (Phi) is 2.10. The van der Waals surface area contributed by atoms with Crippen LogP contribution < -0.4 is 11.1 Å². The van der Waals surface area contributed by atoms with Crippen LogP contribution in [0, 0.1) is 11.3 Å². The van der Waals surface area contributed by atoms with Crippen LogP contribution >= 0.6 is 0 Å². The van der Waals surface area contributed by atoms with E-state index in [0.29, 0.717) is 17.0 Å². The van der Waals surface area contributed by atoms with E-state index in [4.69, 9.17) is 11.0 Å². The van der Waals surface area contributed by atoms with Gasteiger partial charge in [0.1, 0.15) is 17.3 Å². The standard InChI is InChI=1S/C12H12N6/c1-12(2-3-12)18-10-9-7(4-8(5-13)16-10)6-15-11(14)17-9/h4,6H,2-3H2,1H3,(H,16,18)(H2,14,15,17). The molecule has 18 heavy (non-hydrogen) atoms. The van der Waals surface area contributed by atoms with Crippen LogP contribution in [0.1, 0.15) is 25.5 Å². The van der Waals surface area contributed by atoms with Gasteiger partial charge < -0.3 is 11.1 Å². The van der Waals surface area contributed by atoms with Crippen LogP contribution in [0.25, 0.3) is 10.9 Å². The fraction of sp³-hybridized carbons (Fsp3) is 0.333. The smallest absolute Gasteiger partial charge is 0.220 e. The summed E-state index contributed by atoms with van der Waals surface area (Å²) in [4.78, 5) is 12.4. The summed E-state index contributed by atoms with van der Waals surface area (Å²) in [6.45, 7) is 2.12. The maximum Gasteiger partial charge on any atom is 0.220 e. The van der Waals surface area contributed by atoms with E-state index >= 15 is 0 Å². The topological polar surface area (TPSA) is 101 Å². The first-order valence-corrected chi connectivity index (χ1v) is 5.71. The summed E-state index contributed by atoms with van der Waals surface area (Å²) in [6.07, 6.45) is 3.79. The highest BCUT2D eigenvalue weighted by Crippen LogP contribution is 2.38.